The number of hydrogen-bond donors (Lipinski definition) is 1. The molecule has 1 nitrogen and oxygen atoms in total. The molecule has 2 aromatic rings. The third kappa shape index (κ3) is 2.95. The zero-order valence-corrected chi connectivity index (χ0v) is 12.0. The number of phenolic OH excluding ortho intramolecular Hbond substituents is 1. The van der Waals surface area contributed by atoms with Gasteiger partial charge in [0.25, 0.3) is 0 Å². The van der Waals surface area contributed by atoms with Gasteiger partial charge in [-0.1, -0.05) is 46.4 Å². The number of hydrogen-bond acceptors (Lipinski definition) is 1. The fourth-order valence-electron chi connectivity index (χ4n) is 2.14. The van der Waals surface area contributed by atoms with E-state index in [0.29, 0.717) is 5.56 Å². The van der Waals surface area contributed by atoms with Crippen LogP contribution in [0.4, 0.5) is 4.39 Å². The second-order valence-electron chi connectivity index (χ2n) is 4.45. The van der Waals surface area contributed by atoms with Crippen LogP contribution in [0.25, 0.3) is 16.8 Å². The Morgan fingerprint density at radius 1 is 1.21 bits per heavy atom. The van der Waals surface area contributed by atoms with Crippen molar-refractivity contribution >= 4 is 16.8 Å². The molecule has 0 unspecified atom stereocenters. The van der Waals surface area contributed by atoms with Crippen molar-refractivity contribution in [2.75, 3.05) is 0 Å². The van der Waals surface area contributed by atoms with E-state index in [1.807, 2.05) is 27.7 Å². The highest BCUT2D eigenvalue weighted by Gasteiger charge is 2.12. The van der Waals surface area contributed by atoms with E-state index in [4.69, 9.17) is 0 Å². The topological polar surface area (TPSA) is 20.2 Å². The summed E-state index contributed by atoms with van der Waals surface area (Å²) in [5.74, 6) is 0.146. The molecule has 1 N–H and O–H groups in total. The van der Waals surface area contributed by atoms with Crippen LogP contribution in [0.2, 0.25) is 0 Å². The second kappa shape index (κ2) is 6.37. The van der Waals surface area contributed by atoms with Crippen molar-refractivity contribution in [2.24, 2.45) is 0 Å². The van der Waals surface area contributed by atoms with Crippen molar-refractivity contribution in [1.82, 2.24) is 0 Å². The van der Waals surface area contributed by atoms with Crippen LogP contribution in [0, 0.1) is 5.82 Å². The summed E-state index contributed by atoms with van der Waals surface area (Å²) in [6.07, 6.45) is 1.53. The van der Waals surface area contributed by atoms with E-state index < -0.39 is 0 Å². The van der Waals surface area contributed by atoms with E-state index in [2.05, 4.69) is 6.58 Å². The van der Waals surface area contributed by atoms with E-state index in [-0.39, 0.29) is 17.5 Å². The lowest BCUT2D eigenvalue weighted by molar-refractivity contribution is 0.475. The van der Waals surface area contributed by atoms with Crippen molar-refractivity contribution in [3.8, 4) is 5.75 Å². The van der Waals surface area contributed by atoms with Crippen molar-refractivity contribution < 1.29 is 9.50 Å². The maximum absolute atomic E-state index is 13.7. The van der Waals surface area contributed by atoms with Crippen LogP contribution >= 0.6 is 0 Å². The van der Waals surface area contributed by atoms with Crippen LogP contribution in [0.5, 0.6) is 5.75 Å². The van der Waals surface area contributed by atoms with Crippen molar-refractivity contribution in [2.45, 2.75) is 33.6 Å². The molecule has 0 atom stereocenters. The Morgan fingerprint density at radius 2 is 1.84 bits per heavy atom. The van der Waals surface area contributed by atoms with E-state index in [1.165, 1.54) is 12.1 Å². The van der Waals surface area contributed by atoms with Crippen molar-refractivity contribution in [3.63, 3.8) is 0 Å². The lowest BCUT2D eigenvalue weighted by atomic mass is 9.92. The van der Waals surface area contributed by atoms with Crippen LogP contribution in [0.1, 0.15) is 44.7 Å². The standard InChI is InChI=1S/C15H15FO.C2H6/c1-4-12-14(16)6-5-10-7-11(17)8-13(9(2)3)15(10)12;1-2/h4-9,17H,1H2,2-3H3;1-2H3. The highest BCUT2D eigenvalue weighted by Crippen LogP contribution is 2.33. The van der Waals surface area contributed by atoms with E-state index in [9.17, 15) is 9.50 Å². The Bertz CT molecular complexity index is 585. The molecule has 0 saturated heterocycles. The summed E-state index contributed by atoms with van der Waals surface area (Å²) < 4.78 is 13.7. The Hall–Kier alpha value is -1.83. The predicted octanol–water partition coefficient (Wildman–Crippen LogP) is 5.48. The summed E-state index contributed by atoms with van der Waals surface area (Å²) in [5, 5.41) is 11.4. The molecule has 19 heavy (non-hydrogen) atoms. The maximum atomic E-state index is 13.7. The molecule has 0 bridgehead atoms. The molecular formula is C17H21FO. The summed E-state index contributed by atoms with van der Waals surface area (Å²) >= 11 is 0. The first-order chi connectivity index (χ1) is 9.04. The predicted molar refractivity (Wildman–Crippen MR) is 81.1 cm³/mol. The number of benzene rings is 2. The number of phenols is 1. The van der Waals surface area contributed by atoms with Crippen LogP contribution in [-0.2, 0) is 0 Å². The number of fused-ring (bicyclic) bond motifs is 1. The molecule has 2 heteroatoms. The number of aromatic hydroxyl groups is 1. The molecule has 0 amide bonds. The van der Waals surface area contributed by atoms with E-state index >= 15 is 0 Å². The molecule has 0 spiro atoms. The molecule has 0 fully saturated rings. The molecule has 0 aliphatic heterocycles. The summed E-state index contributed by atoms with van der Waals surface area (Å²) in [6.45, 7) is 11.7. The minimum Gasteiger partial charge on any atom is -0.508 e. The first-order valence-corrected chi connectivity index (χ1v) is 6.62. The molecule has 0 radical (unpaired) electrons. The van der Waals surface area contributed by atoms with Gasteiger partial charge in [-0.2, -0.15) is 0 Å². The summed E-state index contributed by atoms with van der Waals surface area (Å²) in [6, 6.07) is 6.43. The molecular weight excluding hydrogens is 239 g/mol. The first-order valence-electron chi connectivity index (χ1n) is 6.62. The molecule has 2 aromatic carbocycles. The van der Waals surface area contributed by atoms with Gasteiger partial charge in [-0.3, -0.25) is 0 Å². The first kappa shape index (κ1) is 15.2. The van der Waals surface area contributed by atoms with E-state index in [0.717, 1.165) is 16.3 Å². The molecule has 0 aliphatic rings. The smallest absolute Gasteiger partial charge is 0.131 e. The van der Waals surface area contributed by atoms with Crippen molar-refractivity contribution in [3.05, 3.63) is 47.8 Å². The van der Waals surface area contributed by atoms with Gasteiger partial charge in [-0.25, -0.2) is 4.39 Å². The van der Waals surface area contributed by atoms with Gasteiger partial charge in [0.05, 0.1) is 0 Å². The van der Waals surface area contributed by atoms with Gasteiger partial charge in [0, 0.05) is 5.56 Å². The highest BCUT2D eigenvalue weighted by atomic mass is 19.1. The monoisotopic (exact) mass is 260 g/mol. The van der Waals surface area contributed by atoms with Crippen LogP contribution < -0.4 is 0 Å². The third-order valence-corrected chi connectivity index (χ3v) is 2.95. The lowest BCUT2D eigenvalue weighted by Gasteiger charge is -2.14. The minimum absolute atomic E-state index is 0.211. The van der Waals surface area contributed by atoms with Gasteiger partial charge < -0.3 is 5.11 Å². The second-order valence-corrected chi connectivity index (χ2v) is 4.45. The van der Waals surface area contributed by atoms with Crippen LogP contribution in [0.3, 0.4) is 0 Å². The number of rotatable bonds is 2. The minimum atomic E-state index is -0.278. The maximum Gasteiger partial charge on any atom is 0.131 e. The van der Waals surface area contributed by atoms with Crippen LogP contribution in [-0.4, -0.2) is 5.11 Å². The Labute approximate surface area is 114 Å². The van der Waals surface area contributed by atoms with E-state index in [1.54, 1.807) is 18.2 Å². The summed E-state index contributed by atoms with van der Waals surface area (Å²) in [4.78, 5) is 0. The average Bonchev–Trinajstić information content (AvgIpc) is 2.40. The van der Waals surface area contributed by atoms with Gasteiger partial charge in [0.1, 0.15) is 11.6 Å². The molecule has 0 saturated carbocycles. The average molecular weight is 260 g/mol. The van der Waals surface area contributed by atoms with Crippen LogP contribution in [0.15, 0.2) is 30.8 Å². The van der Waals surface area contributed by atoms with Gasteiger partial charge >= 0.3 is 0 Å². The zero-order chi connectivity index (χ0) is 14.6. The zero-order valence-electron chi connectivity index (χ0n) is 12.0. The molecule has 2 rings (SSSR count). The van der Waals surface area contributed by atoms with Gasteiger partial charge in [0.2, 0.25) is 0 Å². The fourth-order valence-corrected chi connectivity index (χ4v) is 2.14. The fraction of sp³-hybridized carbons (Fsp3) is 0.294. The highest BCUT2D eigenvalue weighted by molar-refractivity contribution is 5.94. The Balaban J connectivity index is 0.000000861. The normalized spacial score (nSPS) is 10.2. The van der Waals surface area contributed by atoms with Gasteiger partial charge in [-0.15, -0.1) is 0 Å². The summed E-state index contributed by atoms with van der Waals surface area (Å²) in [7, 11) is 0. The quantitative estimate of drug-likeness (QED) is 0.758. The molecule has 0 heterocycles. The van der Waals surface area contributed by atoms with Gasteiger partial charge in [0.15, 0.2) is 0 Å². The lowest BCUT2D eigenvalue weighted by Crippen LogP contribution is -1.94. The Morgan fingerprint density at radius 3 is 2.37 bits per heavy atom. The Kier molecular flexibility index (Phi) is 5.11. The SMILES string of the molecule is C=Cc1c(F)ccc2cc(O)cc(C(C)C)c12.CC. The number of halogens is 1. The van der Waals surface area contributed by atoms with Crippen molar-refractivity contribution in [1.29, 1.82) is 0 Å². The molecule has 0 aliphatic carbocycles. The third-order valence-electron chi connectivity index (χ3n) is 2.95. The molecule has 102 valence electrons. The molecule has 0 aromatic heterocycles. The summed E-state index contributed by atoms with van der Waals surface area (Å²) in [5.41, 5.74) is 1.45. The largest absolute Gasteiger partial charge is 0.508 e. The van der Waals surface area contributed by atoms with Gasteiger partial charge in [-0.05, 0) is 40.5 Å².